The van der Waals surface area contributed by atoms with Gasteiger partial charge in [-0.2, -0.15) is 0 Å². The molecule has 0 saturated heterocycles. The molecule has 0 bridgehead atoms. The van der Waals surface area contributed by atoms with Crippen molar-refractivity contribution in [1.82, 2.24) is 0 Å². The zero-order chi connectivity index (χ0) is 19.4. The van der Waals surface area contributed by atoms with Gasteiger partial charge in [-0.3, -0.25) is 14.4 Å². The van der Waals surface area contributed by atoms with Crippen LogP contribution in [0, 0.1) is 17.7 Å². The fourth-order valence-electron chi connectivity index (χ4n) is 2.60. The maximum Gasteiger partial charge on any atom is 0.309 e. The van der Waals surface area contributed by atoms with E-state index >= 15 is 0 Å². The van der Waals surface area contributed by atoms with Crippen molar-refractivity contribution in [1.29, 1.82) is 0 Å². The molecule has 0 aliphatic heterocycles. The molecule has 1 aliphatic carbocycles. The van der Waals surface area contributed by atoms with E-state index in [9.17, 15) is 18.8 Å². The lowest BCUT2D eigenvalue weighted by molar-refractivity contribution is -0.148. The van der Waals surface area contributed by atoms with Gasteiger partial charge in [-0.25, -0.2) is 4.39 Å². The molecule has 27 heavy (non-hydrogen) atoms. The van der Waals surface area contributed by atoms with Crippen LogP contribution in [0.15, 0.2) is 48.5 Å². The average Bonchev–Trinajstić information content (AvgIpc) is 3.39. The van der Waals surface area contributed by atoms with Crippen LogP contribution in [0.4, 0.5) is 15.8 Å². The standard InChI is InChI=1S/C20H19FN2O4/c1-12-10-16(12)20(26)27-11-18(24)23-17-5-3-2-4-15(17)19(25)22-14-8-6-13(21)7-9-14/h2-9,12,16H,10-11H2,1H3,(H,22,25)(H,23,24)/t12-,16+/m0/s1. The number of nitrogens with one attached hydrogen (secondary N) is 2. The van der Waals surface area contributed by atoms with Crippen LogP contribution in [-0.2, 0) is 14.3 Å². The highest BCUT2D eigenvalue weighted by Crippen LogP contribution is 2.38. The molecule has 0 spiro atoms. The second kappa shape index (κ2) is 7.99. The van der Waals surface area contributed by atoms with E-state index in [-0.39, 0.29) is 23.1 Å². The molecular weight excluding hydrogens is 351 g/mol. The second-order valence-electron chi connectivity index (χ2n) is 6.48. The van der Waals surface area contributed by atoms with E-state index in [0.717, 1.165) is 6.42 Å². The third-order valence-corrected chi connectivity index (χ3v) is 4.31. The van der Waals surface area contributed by atoms with Gasteiger partial charge in [0.1, 0.15) is 5.82 Å². The minimum atomic E-state index is -0.529. The largest absolute Gasteiger partial charge is 0.455 e. The van der Waals surface area contributed by atoms with Crippen molar-refractivity contribution in [3.63, 3.8) is 0 Å². The zero-order valence-electron chi connectivity index (χ0n) is 14.7. The van der Waals surface area contributed by atoms with Crippen LogP contribution in [0.25, 0.3) is 0 Å². The summed E-state index contributed by atoms with van der Waals surface area (Å²) in [7, 11) is 0. The van der Waals surface area contributed by atoms with Crippen molar-refractivity contribution in [3.05, 3.63) is 59.9 Å². The van der Waals surface area contributed by atoms with Gasteiger partial charge in [-0.1, -0.05) is 19.1 Å². The number of ether oxygens (including phenoxy) is 1. The summed E-state index contributed by atoms with van der Waals surface area (Å²) in [5, 5.41) is 5.21. The molecule has 2 amide bonds. The molecule has 0 aromatic heterocycles. The number of esters is 1. The highest BCUT2D eigenvalue weighted by Gasteiger charge is 2.40. The lowest BCUT2D eigenvalue weighted by atomic mass is 10.1. The SMILES string of the molecule is C[C@H]1C[C@H]1C(=O)OCC(=O)Nc1ccccc1C(=O)Nc1ccc(F)cc1. The Kier molecular flexibility index (Phi) is 5.49. The van der Waals surface area contributed by atoms with Crippen molar-refractivity contribution >= 4 is 29.2 Å². The third-order valence-electron chi connectivity index (χ3n) is 4.31. The summed E-state index contributed by atoms with van der Waals surface area (Å²) in [5.41, 5.74) is 0.949. The fraction of sp³-hybridized carbons (Fsp3) is 0.250. The lowest BCUT2D eigenvalue weighted by Crippen LogP contribution is -2.23. The molecule has 3 rings (SSSR count). The highest BCUT2D eigenvalue weighted by molar-refractivity contribution is 6.10. The van der Waals surface area contributed by atoms with Crippen LogP contribution >= 0.6 is 0 Å². The summed E-state index contributed by atoms with van der Waals surface area (Å²) in [6, 6.07) is 11.8. The summed E-state index contributed by atoms with van der Waals surface area (Å²) >= 11 is 0. The van der Waals surface area contributed by atoms with Gasteiger partial charge >= 0.3 is 5.97 Å². The van der Waals surface area contributed by atoms with Gasteiger partial charge < -0.3 is 15.4 Å². The van der Waals surface area contributed by atoms with Gasteiger partial charge in [0.15, 0.2) is 6.61 Å². The van der Waals surface area contributed by atoms with Gasteiger partial charge in [0.05, 0.1) is 17.2 Å². The number of amides is 2. The Morgan fingerprint density at radius 1 is 1.07 bits per heavy atom. The van der Waals surface area contributed by atoms with E-state index in [1.807, 2.05) is 6.92 Å². The summed E-state index contributed by atoms with van der Waals surface area (Å²) in [6.07, 6.45) is 0.785. The molecule has 1 fully saturated rings. The smallest absolute Gasteiger partial charge is 0.309 e. The summed E-state index contributed by atoms with van der Waals surface area (Å²) in [6.45, 7) is 1.54. The number of carbonyl (C=O) groups excluding carboxylic acids is 3. The lowest BCUT2D eigenvalue weighted by Gasteiger charge is -2.12. The predicted molar refractivity (Wildman–Crippen MR) is 97.7 cm³/mol. The van der Waals surface area contributed by atoms with Crippen molar-refractivity contribution in [2.45, 2.75) is 13.3 Å². The molecule has 2 aromatic rings. The molecular formula is C20H19FN2O4. The molecule has 140 valence electrons. The minimum absolute atomic E-state index is 0.119. The normalized spacial score (nSPS) is 17.7. The Labute approximate surface area is 155 Å². The second-order valence-corrected chi connectivity index (χ2v) is 6.48. The van der Waals surface area contributed by atoms with E-state index in [1.54, 1.807) is 24.3 Å². The van der Waals surface area contributed by atoms with Crippen LogP contribution in [0.1, 0.15) is 23.7 Å². The first kappa shape index (κ1) is 18.6. The van der Waals surface area contributed by atoms with E-state index < -0.39 is 24.2 Å². The Morgan fingerprint density at radius 3 is 2.41 bits per heavy atom. The van der Waals surface area contributed by atoms with Gasteiger partial charge in [0.2, 0.25) is 0 Å². The Morgan fingerprint density at radius 2 is 1.74 bits per heavy atom. The average molecular weight is 370 g/mol. The summed E-state index contributed by atoms with van der Waals surface area (Å²) in [4.78, 5) is 36.2. The van der Waals surface area contributed by atoms with Gasteiger partial charge in [0.25, 0.3) is 11.8 Å². The van der Waals surface area contributed by atoms with Gasteiger partial charge in [-0.05, 0) is 48.7 Å². The summed E-state index contributed by atoms with van der Waals surface area (Å²) in [5.74, 6) is -1.58. The third kappa shape index (κ3) is 4.91. The number of carbonyl (C=O) groups is 3. The molecule has 0 radical (unpaired) electrons. The fourth-order valence-corrected chi connectivity index (χ4v) is 2.60. The van der Waals surface area contributed by atoms with Crippen molar-refractivity contribution < 1.29 is 23.5 Å². The van der Waals surface area contributed by atoms with Crippen LogP contribution < -0.4 is 10.6 Å². The maximum absolute atomic E-state index is 13.0. The minimum Gasteiger partial charge on any atom is -0.455 e. The van der Waals surface area contributed by atoms with E-state index in [0.29, 0.717) is 11.6 Å². The van der Waals surface area contributed by atoms with E-state index in [2.05, 4.69) is 10.6 Å². The van der Waals surface area contributed by atoms with Crippen LogP contribution in [0.5, 0.6) is 0 Å². The predicted octanol–water partition coefficient (Wildman–Crippen LogP) is 3.22. The quantitative estimate of drug-likeness (QED) is 0.765. The molecule has 2 aromatic carbocycles. The van der Waals surface area contributed by atoms with Crippen LogP contribution in [-0.4, -0.2) is 24.4 Å². The molecule has 7 heteroatoms. The first-order valence-corrected chi connectivity index (χ1v) is 8.56. The number of halogens is 1. The Hall–Kier alpha value is -3.22. The number of hydrogen-bond acceptors (Lipinski definition) is 4. The zero-order valence-corrected chi connectivity index (χ0v) is 14.7. The van der Waals surface area contributed by atoms with Gasteiger partial charge in [-0.15, -0.1) is 0 Å². The monoisotopic (exact) mass is 370 g/mol. The molecule has 0 heterocycles. The van der Waals surface area contributed by atoms with Crippen LogP contribution in [0.2, 0.25) is 0 Å². The summed E-state index contributed by atoms with van der Waals surface area (Å²) < 4.78 is 18.0. The van der Waals surface area contributed by atoms with Crippen LogP contribution in [0.3, 0.4) is 0 Å². The Bertz CT molecular complexity index is 867. The van der Waals surface area contributed by atoms with Crippen molar-refractivity contribution in [3.8, 4) is 0 Å². The molecule has 1 saturated carbocycles. The molecule has 2 atom stereocenters. The number of benzene rings is 2. The molecule has 6 nitrogen and oxygen atoms in total. The molecule has 1 aliphatic rings. The topological polar surface area (TPSA) is 84.5 Å². The van der Waals surface area contributed by atoms with E-state index in [4.69, 9.17) is 4.74 Å². The number of rotatable bonds is 6. The molecule has 2 N–H and O–H groups in total. The maximum atomic E-state index is 13.0. The highest BCUT2D eigenvalue weighted by atomic mass is 19.1. The first-order valence-electron chi connectivity index (χ1n) is 8.56. The van der Waals surface area contributed by atoms with E-state index in [1.165, 1.54) is 24.3 Å². The number of hydrogen-bond donors (Lipinski definition) is 2. The van der Waals surface area contributed by atoms with Gasteiger partial charge in [0, 0.05) is 5.69 Å². The Balaban J connectivity index is 1.60. The van der Waals surface area contributed by atoms with Crippen molar-refractivity contribution in [2.75, 3.05) is 17.2 Å². The van der Waals surface area contributed by atoms with Crippen molar-refractivity contribution in [2.24, 2.45) is 11.8 Å². The number of para-hydroxylation sites is 1. The molecule has 0 unspecified atom stereocenters. The number of anilines is 2. The first-order chi connectivity index (χ1) is 12.9.